The summed E-state index contributed by atoms with van der Waals surface area (Å²) < 4.78 is 44.3. The molecule has 2 amide bonds. The molecule has 1 aliphatic rings. The first kappa shape index (κ1) is 23.7. The molecule has 0 N–H and O–H groups in total. The minimum Gasteiger partial charge on any atom is -0.458 e. The number of benzene rings is 1. The summed E-state index contributed by atoms with van der Waals surface area (Å²) in [7, 11) is 0. The molecule has 2 aromatic rings. The fourth-order valence-electron chi connectivity index (χ4n) is 3.28. The van der Waals surface area contributed by atoms with Crippen molar-refractivity contribution in [2.24, 2.45) is 0 Å². The zero-order valence-corrected chi connectivity index (χ0v) is 18.2. The highest BCUT2D eigenvalue weighted by Crippen LogP contribution is 2.35. The number of rotatable bonds is 6. The van der Waals surface area contributed by atoms with Crippen LogP contribution in [0, 0.1) is 0 Å². The number of thiazole rings is 1. The van der Waals surface area contributed by atoms with Gasteiger partial charge in [0.1, 0.15) is 13.2 Å². The van der Waals surface area contributed by atoms with Crippen LogP contribution < -0.4 is 4.90 Å². The number of anilines is 2. The number of nitrogens with zero attached hydrogens (tertiary/aromatic N) is 3. The maximum Gasteiger partial charge on any atom is 0.416 e. The number of amides is 2. The second-order valence-electron chi connectivity index (χ2n) is 7.31. The summed E-state index contributed by atoms with van der Waals surface area (Å²) in [6.07, 6.45) is -1.54. The molecule has 1 aromatic heterocycles. The lowest BCUT2D eigenvalue weighted by Gasteiger charge is -2.19. The Labute approximate surface area is 186 Å². The van der Waals surface area contributed by atoms with Crippen LogP contribution in [-0.2, 0) is 31.9 Å². The van der Waals surface area contributed by atoms with Gasteiger partial charge in [0.15, 0.2) is 5.13 Å². The molecule has 172 valence electrons. The second kappa shape index (κ2) is 10.1. The van der Waals surface area contributed by atoms with Crippen molar-refractivity contribution in [3.63, 3.8) is 0 Å². The number of ether oxygens (including phenoxy) is 1. The number of esters is 1. The lowest BCUT2D eigenvalue weighted by Crippen LogP contribution is -2.35. The number of carbonyl (C=O) groups is 3. The summed E-state index contributed by atoms with van der Waals surface area (Å²) in [5.74, 6) is -1.16. The van der Waals surface area contributed by atoms with Crippen molar-refractivity contribution in [2.75, 3.05) is 18.0 Å². The SMILES string of the molecule is CC(=O)N(c1cccc(C(F)(F)F)c1)c1nc(COC(=O)CN2CCCCCC2=O)cs1. The lowest BCUT2D eigenvalue weighted by atomic mass is 10.2. The van der Waals surface area contributed by atoms with Gasteiger partial charge in [-0.1, -0.05) is 12.5 Å². The van der Waals surface area contributed by atoms with E-state index < -0.39 is 23.6 Å². The third kappa shape index (κ3) is 6.06. The van der Waals surface area contributed by atoms with Crippen LogP contribution in [-0.4, -0.2) is 40.8 Å². The molecule has 0 radical (unpaired) electrons. The monoisotopic (exact) mass is 469 g/mol. The van der Waals surface area contributed by atoms with Crippen LogP contribution >= 0.6 is 11.3 Å². The molecule has 1 aliphatic heterocycles. The van der Waals surface area contributed by atoms with Gasteiger partial charge >= 0.3 is 12.1 Å². The summed E-state index contributed by atoms with van der Waals surface area (Å²) in [5, 5.41) is 1.72. The zero-order valence-electron chi connectivity index (χ0n) is 17.4. The summed E-state index contributed by atoms with van der Waals surface area (Å²) in [5.41, 5.74) is -0.501. The molecule has 3 rings (SSSR count). The Morgan fingerprint density at radius 1 is 1.25 bits per heavy atom. The average Bonchev–Trinajstić information content (AvgIpc) is 3.09. The van der Waals surface area contributed by atoms with Crippen molar-refractivity contribution in [2.45, 2.75) is 45.4 Å². The molecule has 0 spiro atoms. The van der Waals surface area contributed by atoms with E-state index in [0.717, 1.165) is 47.6 Å². The number of halogens is 3. The van der Waals surface area contributed by atoms with Gasteiger partial charge in [-0.15, -0.1) is 11.3 Å². The Morgan fingerprint density at radius 3 is 2.75 bits per heavy atom. The van der Waals surface area contributed by atoms with E-state index in [1.807, 2.05) is 0 Å². The van der Waals surface area contributed by atoms with Crippen molar-refractivity contribution < 1.29 is 32.3 Å². The van der Waals surface area contributed by atoms with Gasteiger partial charge in [-0.3, -0.25) is 19.3 Å². The Balaban J connectivity index is 1.66. The van der Waals surface area contributed by atoms with E-state index in [9.17, 15) is 27.6 Å². The summed E-state index contributed by atoms with van der Waals surface area (Å²) in [6.45, 7) is 1.42. The second-order valence-corrected chi connectivity index (χ2v) is 8.15. The van der Waals surface area contributed by atoms with Crippen molar-refractivity contribution in [3.05, 3.63) is 40.9 Å². The third-order valence-electron chi connectivity index (χ3n) is 4.85. The normalized spacial score (nSPS) is 14.8. The minimum atomic E-state index is -4.55. The fraction of sp³-hybridized carbons (Fsp3) is 0.429. The van der Waals surface area contributed by atoms with Crippen LogP contribution in [0.4, 0.5) is 24.0 Å². The smallest absolute Gasteiger partial charge is 0.416 e. The molecule has 1 fully saturated rings. The highest BCUT2D eigenvalue weighted by atomic mass is 32.1. The molecule has 0 atom stereocenters. The fourth-order valence-corrected chi connectivity index (χ4v) is 4.15. The van der Waals surface area contributed by atoms with Crippen LogP contribution in [0.1, 0.15) is 43.9 Å². The Bertz CT molecular complexity index is 993. The first-order chi connectivity index (χ1) is 15.1. The van der Waals surface area contributed by atoms with E-state index in [2.05, 4.69) is 4.98 Å². The Morgan fingerprint density at radius 2 is 2.03 bits per heavy atom. The highest BCUT2D eigenvalue weighted by Gasteiger charge is 2.31. The van der Waals surface area contributed by atoms with Crippen molar-refractivity contribution >= 4 is 39.9 Å². The number of likely N-dealkylation sites (tertiary alicyclic amines) is 1. The van der Waals surface area contributed by atoms with Crippen molar-refractivity contribution in [1.29, 1.82) is 0 Å². The van der Waals surface area contributed by atoms with Crippen LogP contribution in [0.25, 0.3) is 0 Å². The van der Waals surface area contributed by atoms with E-state index >= 15 is 0 Å². The van der Waals surface area contributed by atoms with Gasteiger partial charge in [-0.05, 0) is 31.0 Å². The maximum atomic E-state index is 13.0. The summed E-state index contributed by atoms with van der Waals surface area (Å²) in [6, 6.07) is 4.40. The van der Waals surface area contributed by atoms with Gasteiger partial charge in [-0.25, -0.2) is 4.98 Å². The minimum absolute atomic E-state index is 0.0323. The predicted octanol–water partition coefficient (Wildman–Crippen LogP) is 4.29. The van der Waals surface area contributed by atoms with E-state index in [1.54, 1.807) is 5.38 Å². The van der Waals surface area contributed by atoms with Gasteiger partial charge in [0.2, 0.25) is 11.8 Å². The quantitative estimate of drug-likeness (QED) is 0.590. The van der Waals surface area contributed by atoms with Gasteiger partial charge in [0.05, 0.1) is 16.9 Å². The van der Waals surface area contributed by atoms with E-state index in [-0.39, 0.29) is 29.9 Å². The number of hydrogen-bond acceptors (Lipinski definition) is 6. The standard InChI is InChI=1S/C21H22F3N3O4S/c1-14(28)27(17-7-5-6-15(10-17)21(22,23)24)20-25-16(13-32-20)12-31-19(30)11-26-9-4-2-3-8-18(26)29/h5-7,10,13H,2-4,8-9,11-12H2,1H3. The molecule has 0 aliphatic carbocycles. The molecule has 0 bridgehead atoms. The maximum absolute atomic E-state index is 13.0. The average molecular weight is 469 g/mol. The molecular formula is C21H22F3N3O4S. The van der Waals surface area contributed by atoms with E-state index in [1.165, 1.54) is 24.0 Å². The molecule has 1 saturated heterocycles. The lowest BCUT2D eigenvalue weighted by molar-refractivity contribution is -0.150. The van der Waals surface area contributed by atoms with Crippen molar-refractivity contribution in [1.82, 2.24) is 9.88 Å². The first-order valence-electron chi connectivity index (χ1n) is 10.0. The molecule has 32 heavy (non-hydrogen) atoms. The number of hydrogen-bond donors (Lipinski definition) is 0. The molecule has 7 nitrogen and oxygen atoms in total. The summed E-state index contributed by atoms with van der Waals surface area (Å²) >= 11 is 1.04. The molecule has 0 unspecified atom stereocenters. The molecular weight excluding hydrogens is 447 g/mol. The topological polar surface area (TPSA) is 79.8 Å². The van der Waals surface area contributed by atoms with Crippen LogP contribution in [0.5, 0.6) is 0 Å². The Kier molecular flexibility index (Phi) is 7.49. The van der Waals surface area contributed by atoms with Crippen LogP contribution in [0.2, 0.25) is 0 Å². The molecule has 11 heteroatoms. The van der Waals surface area contributed by atoms with Gasteiger partial charge in [0, 0.05) is 25.3 Å². The third-order valence-corrected chi connectivity index (χ3v) is 5.72. The predicted molar refractivity (Wildman–Crippen MR) is 111 cm³/mol. The number of alkyl halides is 3. The Hall–Kier alpha value is -2.95. The van der Waals surface area contributed by atoms with Crippen molar-refractivity contribution in [3.8, 4) is 0 Å². The van der Waals surface area contributed by atoms with Crippen LogP contribution in [0.15, 0.2) is 29.6 Å². The van der Waals surface area contributed by atoms with Gasteiger partial charge < -0.3 is 9.64 Å². The number of aromatic nitrogens is 1. The molecule has 2 heterocycles. The molecule has 1 aromatic carbocycles. The first-order valence-corrected chi connectivity index (χ1v) is 10.9. The zero-order chi connectivity index (χ0) is 23.3. The van der Waals surface area contributed by atoms with E-state index in [4.69, 9.17) is 4.74 Å². The molecule has 0 saturated carbocycles. The summed E-state index contributed by atoms with van der Waals surface area (Å²) in [4.78, 5) is 43.1. The van der Waals surface area contributed by atoms with E-state index in [0.29, 0.717) is 18.7 Å². The van der Waals surface area contributed by atoms with Gasteiger partial charge in [-0.2, -0.15) is 13.2 Å². The highest BCUT2D eigenvalue weighted by molar-refractivity contribution is 7.14. The largest absolute Gasteiger partial charge is 0.458 e. The number of carbonyl (C=O) groups excluding carboxylic acids is 3. The van der Waals surface area contributed by atoms with Gasteiger partial charge in [0.25, 0.3) is 0 Å². The van der Waals surface area contributed by atoms with Crippen LogP contribution in [0.3, 0.4) is 0 Å².